The van der Waals surface area contributed by atoms with Crippen molar-refractivity contribution in [2.24, 2.45) is 0 Å². The number of nitrogens with zero attached hydrogens (tertiary/aromatic N) is 1. The Morgan fingerprint density at radius 3 is 2.29 bits per heavy atom. The molecule has 0 unspecified atom stereocenters. The van der Waals surface area contributed by atoms with Gasteiger partial charge in [-0.1, -0.05) is 11.6 Å². The largest absolute Gasteiger partial charge is 0.275 e. The molecule has 17 heavy (non-hydrogen) atoms. The molecule has 1 aliphatic carbocycles. The molecule has 2 amide bonds. The Morgan fingerprint density at radius 1 is 1.12 bits per heavy atom. The van der Waals surface area contributed by atoms with Crippen LogP contribution in [0, 0.1) is 0 Å². The summed E-state index contributed by atoms with van der Waals surface area (Å²) in [4.78, 5) is 25.0. The van der Waals surface area contributed by atoms with Crippen LogP contribution in [-0.2, 0) is 9.59 Å². The van der Waals surface area contributed by atoms with Crippen molar-refractivity contribution in [3.05, 3.63) is 22.8 Å². The molecule has 2 aliphatic rings. The highest BCUT2D eigenvalue weighted by atomic mass is 16.2. The van der Waals surface area contributed by atoms with Crippen molar-refractivity contribution in [2.45, 2.75) is 46.0 Å². The smallest absolute Gasteiger partial charge is 0.256 e. The van der Waals surface area contributed by atoms with E-state index in [2.05, 4.69) is 6.08 Å². The molecule has 0 aromatic heterocycles. The minimum absolute atomic E-state index is 0.107. The lowest BCUT2D eigenvalue weighted by Gasteiger charge is -2.18. The lowest BCUT2D eigenvalue weighted by Crippen LogP contribution is -2.32. The zero-order valence-electron chi connectivity index (χ0n) is 10.6. The molecule has 3 heteroatoms. The molecular formula is C14H19NO2. The lowest BCUT2D eigenvalue weighted by molar-refractivity contribution is -0.137. The summed E-state index contributed by atoms with van der Waals surface area (Å²) in [6.07, 6.45) is 7.89. The predicted molar refractivity (Wildman–Crippen MR) is 66.3 cm³/mol. The molecule has 0 atom stereocenters. The van der Waals surface area contributed by atoms with Crippen LogP contribution in [0.4, 0.5) is 0 Å². The zero-order chi connectivity index (χ0) is 12.4. The Labute approximate surface area is 102 Å². The first-order valence-corrected chi connectivity index (χ1v) is 6.33. The van der Waals surface area contributed by atoms with Gasteiger partial charge in [-0.3, -0.25) is 14.5 Å². The first-order chi connectivity index (χ1) is 8.11. The molecule has 1 aliphatic heterocycles. The summed E-state index contributed by atoms with van der Waals surface area (Å²) < 4.78 is 0. The standard InChI is InChI=1S/C14H19NO2/c1-10-11(2)14(17)15(13(10)16)9-8-12-6-4-3-5-7-12/h6H,3-5,7-9H2,1-2H3. The van der Waals surface area contributed by atoms with Gasteiger partial charge in [0.15, 0.2) is 0 Å². The number of hydrogen-bond acceptors (Lipinski definition) is 2. The third-order valence-corrected chi connectivity index (χ3v) is 3.74. The summed E-state index contributed by atoms with van der Waals surface area (Å²) in [5, 5.41) is 0. The fourth-order valence-corrected chi connectivity index (χ4v) is 2.41. The van der Waals surface area contributed by atoms with E-state index < -0.39 is 0 Å². The van der Waals surface area contributed by atoms with E-state index in [9.17, 15) is 9.59 Å². The summed E-state index contributed by atoms with van der Waals surface area (Å²) in [5.74, 6) is -0.215. The van der Waals surface area contributed by atoms with Gasteiger partial charge in [0.25, 0.3) is 11.8 Å². The number of hydrogen-bond donors (Lipinski definition) is 0. The molecule has 1 heterocycles. The third kappa shape index (κ3) is 2.33. The normalized spacial score (nSPS) is 21.3. The Bertz CT molecular complexity index is 394. The topological polar surface area (TPSA) is 37.4 Å². The van der Waals surface area contributed by atoms with E-state index in [1.54, 1.807) is 13.8 Å². The fourth-order valence-electron chi connectivity index (χ4n) is 2.41. The van der Waals surface area contributed by atoms with Crippen LogP contribution in [-0.4, -0.2) is 23.3 Å². The summed E-state index contributed by atoms with van der Waals surface area (Å²) in [7, 11) is 0. The summed E-state index contributed by atoms with van der Waals surface area (Å²) in [5.41, 5.74) is 2.61. The van der Waals surface area contributed by atoms with Gasteiger partial charge in [0.05, 0.1) is 0 Å². The Hall–Kier alpha value is -1.38. The molecule has 0 fully saturated rings. The van der Waals surface area contributed by atoms with Crippen LogP contribution < -0.4 is 0 Å². The average Bonchev–Trinajstić information content (AvgIpc) is 2.54. The molecule has 0 N–H and O–H groups in total. The Kier molecular flexibility index (Phi) is 3.46. The molecule has 0 aromatic rings. The van der Waals surface area contributed by atoms with E-state index in [1.165, 1.54) is 23.3 Å². The maximum absolute atomic E-state index is 11.8. The van der Waals surface area contributed by atoms with Crippen LogP contribution in [0.15, 0.2) is 22.8 Å². The van der Waals surface area contributed by atoms with E-state index >= 15 is 0 Å². The Morgan fingerprint density at radius 2 is 1.76 bits per heavy atom. The van der Waals surface area contributed by atoms with Crippen LogP contribution in [0.3, 0.4) is 0 Å². The predicted octanol–water partition coefficient (Wildman–Crippen LogP) is 2.58. The van der Waals surface area contributed by atoms with Crippen molar-refractivity contribution in [3.63, 3.8) is 0 Å². The summed E-state index contributed by atoms with van der Waals surface area (Å²) in [6.45, 7) is 4.00. The molecule has 0 saturated heterocycles. The minimum atomic E-state index is -0.107. The molecule has 0 aromatic carbocycles. The van der Waals surface area contributed by atoms with Gasteiger partial charge in [0.2, 0.25) is 0 Å². The van der Waals surface area contributed by atoms with E-state index in [1.807, 2.05) is 0 Å². The van der Waals surface area contributed by atoms with Gasteiger partial charge in [0.1, 0.15) is 0 Å². The van der Waals surface area contributed by atoms with Crippen LogP contribution in [0.25, 0.3) is 0 Å². The molecule has 0 bridgehead atoms. The van der Waals surface area contributed by atoms with Gasteiger partial charge in [0, 0.05) is 17.7 Å². The fraction of sp³-hybridized carbons (Fsp3) is 0.571. The highest BCUT2D eigenvalue weighted by Gasteiger charge is 2.32. The first kappa shape index (κ1) is 12.1. The number of amides is 2. The van der Waals surface area contributed by atoms with E-state index in [0.29, 0.717) is 17.7 Å². The SMILES string of the molecule is CC1=C(C)C(=O)N(CCC2=CCCCC2)C1=O. The number of allylic oxidation sites excluding steroid dienone is 1. The zero-order valence-corrected chi connectivity index (χ0v) is 10.6. The molecular weight excluding hydrogens is 214 g/mol. The highest BCUT2D eigenvalue weighted by molar-refractivity contribution is 6.18. The van der Waals surface area contributed by atoms with Crippen molar-refractivity contribution in [2.75, 3.05) is 6.54 Å². The van der Waals surface area contributed by atoms with Crippen molar-refractivity contribution < 1.29 is 9.59 Å². The molecule has 3 nitrogen and oxygen atoms in total. The second kappa shape index (κ2) is 4.86. The summed E-state index contributed by atoms with van der Waals surface area (Å²) >= 11 is 0. The minimum Gasteiger partial charge on any atom is -0.275 e. The van der Waals surface area contributed by atoms with E-state index in [4.69, 9.17) is 0 Å². The lowest BCUT2D eigenvalue weighted by atomic mass is 9.97. The number of carbonyl (C=O) groups is 2. The van der Waals surface area contributed by atoms with Crippen molar-refractivity contribution in [1.82, 2.24) is 4.90 Å². The maximum atomic E-state index is 11.8. The quantitative estimate of drug-likeness (QED) is 0.555. The van der Waals surface area contributed by atoms with Crippen LogP contribution in [0.1, 0.15) is 46.0 Å². The number of rotatable bonds is 3. The summed E-state index contributed by atoms with van der Waals surface area (Å²) in [6, 6.07) is 0. The molecule has 0 spiro atoms. The van der Waals surface area contributed by atoms with E-state index in [-0.39, 0.29) is 11.8 Å². The maximum Gasteiger partial charge on any atom is 0.256 e. The van der Waals surface area contributed by atoms with Crippen LogP contribution in [0.5, 0.6) is 0 Å². The van der Waals surface area contributed by atoms with Gasteiger partial charge in [-0.15, -0.1) is 0 Å². The van der Waals surface area contributed by atoms with Gasteiger partial charge in [-0.2, -0.15) is 0 Å². The van der Waals surface area contributed by atoms with Gasteiger partial charge < -0.3 is 0 Å². The molecule has 92 valence electrons. The van der Waals surface area contributed by atoms with Crippen LogP contribution in [0.2, 0.25) is 0 Å². The van der Waals surface area contributed by atoms with Gasteiger partial charge >= 0.3 is 0 Å². The number of imide groups is 1. The van der Waals surface area contributed by atoms with Crippen molar-refractivity contribution >= 4 is 11.8 Å². The highest BCUT2D eigenvalue weighted by Crippen LogP contribution is 2.24. The third-order valence-electron chi connectivity index (χ3n) is 3.74. The Balaban J connectivity index is 1.95. The molecule has 0 saturated carbocycles. The first-order valence-electron chi connectivity index (χ1n) is 6.33. The van der Waals surface area contributed by atoms with Gasteiger partial charge in [-0.05, 0) is 46.0 Å². The molecule has 0 radical (unpaired) electrons. The average molecular weight is 233 g/mol. The molecule has 2 rings (SSSR count). The monoisotopic (exact) mass is 233 g/mol. The van der Waals surface area contributed by atoms with Crippen molar-refractivity contribution in [3.8, 4) is 0 Å². The van der Waals surface area contributed by atoms with Crippen molar-refractivity contribution in [1.29, 1.82) is 0 Å². The van der Waals surface area contributed by atoms with E-state index in [0.717, 1.165) is 19.3 Å². The number of carbonyl (C=O) groups excluding carboxylic acids is 2. The van der Waals surface area contributed by atoms with Gasteiger partial charge in [-0.25, -0.2) is 0 Å². The second-order valence-corrected chi connectivity index (χ2v) is 4.87. The van der Waals surface area contributed by atoms with Crippen LogP contribution >= 0.6 is 0 Å². The second-order valence-electron chi connectivity index (χ2n) is 4.87.